The predicted octanol–water partition coefficient (Wildman–Crippen LogP) is 1.38. The first-order valence-corrected chi connectivity index (χ1v) is 8.11. The molecule has 25 heavy (non-hydrogen) atoms. The van der Waals surface area contributed by atoms with Gasteiger partial charge >= 0.3 is 0 Å². The van der Waals surface area contributed by atoms with Gasteiger partial charge in [0.15, 0.2) is 11.5 Å². The Morgan fingerprint density at radius 2 is 2.16 bits per heavy atom. The van der Waals surface area contributed by atoms with Gasteiger partial charge in [-0.3, -0.25) is 4.79 Å². The van der Waals surface area contributed by atoms with Crippen molar-refractivity contribution in [2.24, 2.45) is 0 Å². The zero-order valence-electron chi connectivity index (χ0n) is 14.4. The van der Waals surface area contributed by atoms with E-state index in [-0.39, 0.29) is 12.5 Å². The molecule has 0 saturated carbocycles. The molecule has 9 heteroatoms. The van der Waals surface area contributed by atoms with Gasteiger partial charge in [-0.1, -0.05) is 5.16 Å². The number of hydrogen-bond donors (Lipinski definition) is 1. The van der Waals surface area contributed by atoms with E-state index in [0.29, 0.717) is 36.8 Å². The van der Waals surface area contributed by atoms with Crippen molar-refractivity contribution in [3.63, 3.8) is 0 Å². The summed E-state index contributed by atoms with van der Waals surface area (Å²) < 4.78 is 12.0. The Hall–Kier alpha value is -2.97. The topological polar surface area (TPSA) is 107 Å². The molecule has 3 aromatic heterocycles. The summed E-state index contributed by atoms with van der Waals surface area (Å²) in [5.41, 5.74) is 2.40. The number of nitrogens with one attached hydrogen (secondary N) is 1. The Kier molecular flexibility index (Phi) is 4.92. The maximum absolute atomic E-state index is 12.1. The lowest BCUT2D eigenvalue weighted by molar-refractivity contribution is -0.121. The number of aryl methyl sites for hydroxylation is 2. The molecule has 0 aromatic carbocycles. The van der Waals surface area contributed by atoms with Crippen LogP contribution in [0.2, 0.25) is 0 Å². The van der Waals surface area contributed by atoms with Gasteiger partial charge in [0.1, 0.15) is 5.76 Å². The van der Waals surface area contributed by atoms with Crippen LogP contribution in [0.4, 0.5) is 0 Å². The van der Waals surface area contributed by atoms with Gasteiger partial charge in [-0.05, 0) is 33.3 Å². The summed E-state index contributed by atoms with van der Waals surface area (Å²) in [6.07, 6.45) is 0.928. The van der Waals surface area contributed by atoms with E-state index in [9.17, 15) is 4.79 Å². The Balaban J connectivity index is 1.60. The molecule has 3 heterocycles. The average molecular weight is 344 g/mol. The molecule has 0 aliphatic heterocycles. The summed E-state index contributed by atoms with van der Waals surface area (Å²) in [5.74, 6) is 1.70. The zero-order valence-corrected chi connectivity index (χ0v) is 14.4. The Morgan fingerprint density at radius 1 is 1.32 bits per heavy atom. The number of hydrogen-bond acceptors (Lipinski definition) is 7. The number of carbonyl (C=O) groups is 1. The molecule has 0 spiro atoms. The van der Waals surface area contributed by atoms with E-state index >= 15 is 0 Å². The van der Waals surface area contributed by atoms with Crippen molar-refractivity contribution in [2.75, 3.05) is 6.61 Å². The third-order valence-corrected chi connectivity index (χ3v) is 3.82. The average Bonchev–Trinajstić information content (AvgIpc) is 3.14. The molecule has 1 amide bonds. The highest BCUT2D eigenvalue weighted by molar-refractivity contribution is 5.76. The molecule has 132 valence electrons. The SMILES string of the molecule is CCOc1ccc2nnc(CNC(=O)CCc3c(C)noc3C)n2n1. The quantitative estimate of drug-likeness (QED) is 0.690. The molecular formula is C16H20N6O3. The highest BCUT2D eigenvalue weighted by Gasteiger charge is 2.13. The van der Waals surface area contributed by atoms with Gasteiger partial charge in [-0.2, -0.15) is 4.52 Å². The minimum atomic E-state index is -0.0855. The number of carbonyl (C=O) groups excluding carboxylic acids is 1. The van der Waals surface area contributed by atoms with Crippen LogP contribution < -0.4 is 10.1 Å². The molecule has 0 unspecified atom stereocenters. The Labute approximate surface area is 144 Å². The van der Waals surface area contributed by atoms with Crippen molar-refractivity contribution in [1.29, 1.82) is 0 Å². The van der Waals surface area contributed by atoms with Crippen LogP contribution >= 0.6 is 0 Å². The molecule has 0 atom stereocenters. The Morgan fingerprint density at radius 3 is 2.88 bits per heavy atom. The normalized spacial score (nSPS) is 11.0. The molecule has 1 N–H and O–H groups in total. The first kappa shape index (κ1) is 16.9. The standard InChI is InChI=1S/C16H20N6O3/c1-4-24-16-8-6-13-18-19-14(22(13)20-16)9-17-15(23)7-5-12-10(2)21-25-11(12)3/h6,8H,4-5,7,9H2,1-3H3,(H,17,23). The van der Waals surface area contributed by atoms with E-state index in [1.165, 1.54) is 0 Å². The first-order valence-electron chi connectivity index (χ1n) is 8.11. The van der Waals surface area contributed by atoms with Crippen molar-refractivity contribution < 1.29 is 14.1 Å². The zero-order chi connectivity index (χ0) is 17.8. The van der Waals surface area contributed by atoms with E-state index in [2.05, 4.69) is 25.8 Å². The van der Waals surface area contributed by atoms with Crippen LogP contribution in [0.5, 0.6) is 5.88 Å². The summed E-state index contributed by atoms with van der Waals surface area (Å²) in [7, 11) is 0. The highest BCUT2D eigenvalue weighted by Crippen LogP contribution is 2.14. The second kappa shape index (κ2) is 7.29. The van der Waals surface area contributed by atoms with Crippen molar-refractivity contribution in [2.45, 2.75) is 40.2 Å². The number of rotatable bonds is 7. The summed E-state index contributed by atoms with van der Waals surface area (Å²) in [4.78, 5) is 12.1. The smallest absolute Gasteiger partial charge is 0.231 e. The van der Waals surface area contributed by atoms with E-state index in [0.717, 1.165) is 17.0 Å². The summed E-state index contributed by atoms with van der Waals surface area (Å²) in [5, 5.41) is 19.1. The molecule has 0 bridgehead atoms. The lowest BCUT2D eigenvalue weighted by Crippen LogP contribution is -2.24. The number of amides is 1. The van der Waals surface area contributed by atoms with E-state index in [1.54, 1.807) is 16.6 Å². The van der Waals surface area contributed by atoms with Gasteiger partial charge in [0.2, 0.25) is 11.8 Å². The first-order chi connectivity index (χ1) is 12.1. The van der Waals surface area contributed by atoms with Crippen molar-refractivity contribution in [3.8, 4) is 5.88 Å². The molecule has 0 radical (unpaired) electrons. The van der Waals surface area contributed by atoms with Crippen LogP contribution in [-0.2, 0) is 17.8 Å². The predicted molar refractivity (Wildman–Crippen MR) is 88.1 cm³/mol. The lowest BCUT2D eigenvalue weighted by Gasteiger charge is -2.05. The largest absolute Gasteiger partial charge is 0.477 e. The minimum absolute atomic E-state index is 0.0855. The minimum Gasteiger partial charge on any atom is -0.477 e. The van der Waals surface area contributed by atoms with Gasteiger partial charge < -0.3 is 14.6 Å². The Bertz CT molecular complexity index is 866. The summed E-state index contributed by atoms with van der Waals surface area (Å²) in [6.45, 7) is 6.36. The third kappa shape index (κ3) is 3.76. The molecule has 0 saturated heterocycles. The maximum atomic E-state index is 12.1. The molecular weight excluding hydrogens is 324 g/mol. The third-order valence-electron chi connectivity index (χ3n) is 3.82. The number of ether oxygens (including phenoxy) is 1. The fraction of sp³-hybridized carbons (Fsp3) is 0.438. The molecule has 3 rings (SSSR count). The summed E-state index contributed by atoms with van der Waals surface area (Å²) >= 11 is 0. The van der Waals surface area contributed by atoms with Gasteiger partial charge in [-0.25, -0.2) is 0 Å². The van der Waals surface area contributed by atoms with E-state index in [4.69, 9.17) is 9.26 Å². The molecule has 0 aliphatic rings. The highest BCUT2D eigenvalue weighted by atomic mass is 16.5. The van der Waals surface area contributed by atoms with Crippen LogP contribution in [0.25, 0.3) is 5.65 Å². The van der Waals surface area contributed by atoms with Gasteiger partial charge in [0.05, 0.1) is 18.8 Å². The molecule has 9 nitrogen and oxygen atoms in total. The summed E-state index contributed by atoms with van der Waals surface area (Å²) in [6, 6.07) is 3.51. The van der Waals surface area contributed by atoms with Crippen LogP contribution in [-0.4, -0.2) is 37.5 Å². The monoisotopic (exact) mass is 344 g/mol. The van der Waals surface area contributed by atoms with Crippen LogP contribution in [0.3, 0.4) is 0 Å². The van der Waals surface area contributed by atoms with Gasteiger partial charge in [-0.15, -0.1) is 15.3 Å². The molecule has 0 aliphatic carbocycles. The van der Waals surface area contributed by atoms with Crippen LogP contribution in [0, 0.1) is 13.8 Å². The number of aromatic nitrogens is 5. The second-order valence-corrected chi connectivity index (χ2v) is 5.57. The van der Waals surface area contributed by atoms with Crippen LogP contribution in [0.1, 0.15) is 36.2 Å². The van der Waals surface area contributed by atoms with Crippen LogP contribution in [0.15, 0.2) is 16.7 Å². The van der Waals surface area contributed by atoms with E-state index < -0.39 is 0 Å². The fourth-order valence-electron chi connectivity index (χ4n) is 2.51. The second-order valence-electron chi connectivity index (χ2n) is 5.57. The molecule has 3 aromatic rings. The number of nitrogens with zero attached hydrogens (tertiary/aromatic N) is 5. The van der Waals surface area contributed by atoms with E-state index in [1.807, 2.05) is 20.8 Å². The van der Waals surface area contributed by atoms with Crippen molar-refractivity contribution >= 4 is 11.6 Å². The molecule has 0 fully saturated rings. The van der Waals surface area contributed by atoms with Gasteiger partial charge in [0, 0.05) is 18.1 Å². The van der Waals surface area contributed by atoms with Crippen molar-refractivity contribution in [3.05, 3.63) is 35.0 Å². The lowest BCUT2D eigenvalue weighted by atomic mass is 10.1. The van der Waals surface area contributed by atoms with Gasteiger partial charge in [0.25, 0.3) is 0 Å². The maximum Gasteiger partial charge on any atom is 0.231 e. The number of fused-ring (bicyclic) bond motifs is 1. The fourth-order valence-corrected chi connectivity index (χ4v) is 2.51. The van der Waals surface area contributed by atoms with Crippen molar-refractivity contribution in [1.82, 2.24) is 30.3 Å².